The Hall–Kier alpha value is -1.31. The zero-order valence-corrected chi connectivity index (χ0v) is 13.4. The standard InChI is InChI=1S/C18H22ClN/c1-12(2)20-11-15-7-5-13(3)17(9-15)16-8-6-14(4)18(19)10-16/h5-10,12,20H,11H2,1-4H3. The molecule has 0 amide bonds. The van der Waals surface area contributed by atoms with E-state index in [9.17, 15) is 0 Å². The highest BCUT2D eigenvalue weighted by atomic mass is 35.5. The van der Waals surface area contributed by atoms with Crippen molar-refractivity contribution in [2.75, 3.05) is 0 Å². The molecule has 20 heavy (non-hydrogen) atoms. The fourth-order valence-electron chi connectivity index (χ4n) is 2.17. The molecule has 2 aromatic carbocycles. The lowest BCUT2D eigenvalue weighted by Crippen LogP contribution is -2.21. The van der Waals surface area contributed by atoms with Crippen LogP contribution in [0.4, 0.5) is 0 Å². The van der Waals surface area contributed by atoms with Crippen molar-refractivity contribution in [1.29, 1.82) is 0 Å². The lowest BCUT2D eigenvalue weighted by atomic mass is 9.97. The van der Waals surface area contributed by atoms with Crippen LogP contribution in [0.5, 0.6) is 0 Å². The molecule has 0 aliphatic rings. The highest BCUT2D eigenvalue weighted by Crippen LogP contribution is 2.28. The van der Waals surface area contributed by atoms with Crippen LogP contribution in [-0.4, -0.2) is 6.04 Å². The molecule has 0 saturated heterocycles. The summed E-state index contributed by atoms with van der Waals surface area (Å²) in [6.07, 6.45) is 0. The fraction of sp³-hybridized carbons (Fsp3) is 0.333. The number of hydrogen-bond acceptors (Lipinski definition) is 1. The van der Waals surface area contributed by atoms with Gasteiger partial charge in [0.1, 0.15) is 0 Å². The molecule has 1 N–H and O–H groups in total. The molecule has 106 valence electrons. The topological polar surface area (TPSA) is 12.0 Å². The lowest BCUT2D eigenvalue weighted by molar-refractivity contribution is 0.589. The molecule has 0 bridgehead atoms. The van der Waals surface area contributed by atoms with Crippen LogP contribution in [0.2, 0.25) is 5.02 Å². The quantitative estimate of drug-likeness (QED) is 0.823. The summed E-state index contributed by atoms with van der Waals surface area (Å²) < 4.78 is 0. The predicted molar refractivity (Wildman–Crippen MR) is 88.3 cm³/mol. The van der Waals surface area contributed by atoms with Crippen molar-refractivity contribution >= 4 is 11.6 Å². The number of halogens is 1. The van der Waals surface area contributed by atoms with E-state index in [-0.39, 0.29) is 0 Å². The second-order valence-electron chi connectivity index (χ2n) is 5.65. The van der Waals surface area contributed by atoms with E-state index in [1.165, 1.54) is 22.3 Å². The first-order valence-electron chi connectivity index (χ1n) is 7.07. The van der Waals surface area contributed by atoms with Crippen molar-refractivity contribution in [1.82, 2.24) is 5.32 Å². The van der Waals surface area contributed by atoms with E-state index < -0.39 is 0 Å². The maximum atomic E-state index is 6.25. The van der Waals surface area contributed by atoms with Crippen LogP contribution in [0, 0.1) is 13.8 Å². The summed E-state index contributed by atoms with van der Waals surface area (Å²) in [7, 11) is 0. The Bertz CT molecular complexity index is 602. The van der Waals surface area contributed by atoms with Gasteiger partial charge in [0.2, 0.25) is 0 Å². The lowest BCUT2D eigenvalue weighted by Gasteiger charge is -2.12. The highest BCUT2D eigenvalue weighted by Gasteiger charge is 2.06. The van der Waals surface area contributed by atoms with Crippen molar-refractivity contribution in [3.05, 3.63) is 58.1 Å². The minimum absolute atomic E-state index is 0.494. The Morgan fingerprint density at radius 2 is 1.70 bits per heavy atom. The van der Waals surface area contributed by atoms with Gasteiger partial charge in [-0.3, -0.25) is 0 Å². The Morgan fingerprint density at radius 3 is 2.35 bits per heavy atom. The van der Waals surface area contributed by atoms with E-state index in [0.29, 0.717) is 6.04 Å². The van der Waals surface area contributed by atoms with Gasteiger partial charge in [0.15, 0.2) is 0 Å². The van der Waals surface area contributed by atoms with E-state index in [1.807, 2.05) is 6.92 Å². The van der Waals surface area contributed by atoms with E-state index in [2.05, 4.69) is 62.5 Å². The molecule has 2 aromatic rings. The van der Waals surface area contributed by atoms with Crippen LogP contribution >= 0.6 is 11.6 Å². The van der Waals surface area contributed by atoms with Crippen LogP contribution in [0.1, 0.15) is 30.5 Å². The van der Waals surface area contributed by atoms with Gasteiger partial charge in [0, 0.05) is 17.6 Å². The van der Waals surface area contributed by atoms with Crippen molar-refractivity contribution < 1.29 is 0 Å². The van der Waals surface area contributed by atoms with Crippen molar-refractivity contribution in [2.45, 2.75) is 40.3 Å². The van der Waals surface area contributed by atoms with Crippen LogP contribution in [-0.2, 0) is 6.54 Å². The Morgan fingerprint density at radius 1 is 1.00 bits per heavy atom. The Labute approximate surface area is 127 Å². The molecule has 1 nitrogen and oxygen atoms in total. The first kappa shape index (κ1) is 15.1. The van der Waals surface area contributed by atoms with Gasteiger partial charge in [-0.1, -0.05) is 49.7 Å². The van der Waals surface area contributed by atoms with Gasteiger partial charge in [-0.2, -0.15) is 0 Å². The van der Waals surface area contributed by atoms with Gasteiger partial charge in [-0.25, -0.2) is 0 Å². The van der Waals surface area contributed by atoms with Gasteiger partial charge in [0.05, 0.1) is 0 Å². The molecule has 0 aliphatic heterocycles. The first-order chi connectivity index (χ1) is 9.47. The van der Waals surface area contributed by atoms with Crippen LogP contribution in [0.3, 0.4) is 0 Å². The zero-order chi connectivity index (χ0) is 14.7. The van der Waals surface area contributed by atoms with Crippen LogP contribution < -0.4 is 5.32 Å². The molecule has 0 saturated carbocycles. The smallest absolute Gasteiger partial charge is 0.0441 e. The van der Waals surface area contributed by atoms with Crippen molar-refractivity contribution in [2.24, 2.45) is 0 Å². The summed E-state index contributed by atoms with van der Waals surface area (Å²) in [4.78, 5) is 0. The number of rotatable bonds is 4. The third-order valence-electron chi connectivity index (χ3n) is 3.50. The summed E-state index contributed by atoms with van der Waals surface area (Å²) >= 11 is 6.25. The average molecular weight is 288 g/mol. The number of aryl methyl sites for hydroxylation is 2. The third kappa shape index (κ3) is 3.62. The minimum atomic E-state index is 0.494. The Kier molecular flexibility index (Phi) is 4.85. The minimum Gasteiger partial charge on any atom is -0.310 e. The molecular formula is C18H22ClN. The SMILES string of the molecule is Cc1ccc(-c2cc(CNC(C)C)ccc2C)cc1Cl. The molecule has 0 aliphatic carbocycles. The summed E-state index contributed by atoms with van der Waals surface area (Å²) in [5, 5.41) is 4.28. The second kappa shape index (κ2) is 6.43. The molecule has 0 radical (unpaired) electrons. The fourth-order valence-corrected chi connectivity index (χ4v) is 2.35. The third-order valence-corrected chi connectivity index (χ3v) is 3.91. The van der Waals surface area contributed by atoms with E-state index >= 15 is 0 Å². The molecule has 2 heteroatoms. The summed E-state index contributed by atoms with van der Waals surface area (Å²) in [6, 6.07) is 13.4. The molecule has 0 unspecified atom stereocenters. The molecule has 0 aromatic heterocycles. The van der Waals surface area contributed by atoms with Crippen LogP contribution in [0.15, 0.2) is 36.4 Å². The normalized spacial score (nSPS) is 11.1. The van der Waals surface area contributed by atoms with E-state index in [4.69, 9.17) is 11.6 Å². The molecular weight excluding hydrogens is 266 g/mol. The Balaban J connectivity index is 2.34. The number of hydrogen-bond donors (Lipinski definition) is 1. The van der Waals surface area contributed by atoms with E-state index in [1.54, 1.807) is 0 Å². The summed E-state index contributed by atoms with van der Waals surface area (Å²) in [6.45, 7) is 9.39. The zero-order valence-electron chi connectivity index (χ0n) is 12.6. The number of benzene rings is 2. The average Bonchev–Trinajstić information content (AvgIpc) is 2.41. The largest absolute Gasteiger partial charge is 0.310 e. The van der Waals surface area contributed by atoms with Gasteiger partial charge in [0.25, 0.3) is 0 Å². The first-order valence-corrected chi connectivity index (χ1v) is 7.44. The molecule has 0 fully saturated rings. The summed E-state index contributed by atoms with van der Waals surface area (Å²) in [5.41, 5.74) is 6.14. The van der Waals surface area contributed by atoms with Gasteiger partial charge < -0.3 is 5.32 Å². The molecule has 0 spiro atoms. The van der Waals surface area contributed by atoms with Gasteiger partial charge in [-0.15, -0.1) is 0 Å². The summed E-state index contributed by atoms with van der Waals surface area (Å²) in [5.74, 6) is 0. The highest BCUT2D eigenvalue weighted by molar-refractivity contribution is 6.31. The maximum Gasteiger partial charge on any atom is 0.0441 e. The van der Waals surface area contributed by atoms with E-state index in [0.717, 1.165) is 17.1 Å². The number of nitrogens with one attached hydrogen (secondary N) is 1. The van der Waals surface area contributed by atoms with Crippen molar-refractivity contribution in [3.8, 4) is 11.1 Å². The van der Waals surface area contributed by atoms with Gasteiger partial charge >= 0.3 is 0 Å². The monoisotopic (exact) mass is 287 g/mol. The van der Waals surface area contributed by atoms with Gasteiger partial charge in [-0.05, 0) is 53.8 Å². The molecule has 2 rings (SSSR count). The second-order valence-corrected chi connectivity index (χ2v) is 6.06. The molecule has 0 heterocycles. The molecule has 0 atom stereocenters. The van der Waals surface area contributed by atoms with Crippen molar-refractivity contribution in [3.63, 3.8) is 0 Å². The predicted octanol–water partition coefficient (Wildman–Crippen LogP) is 5.12. The maximum absolute atomic E-state index is 6.25. The van der Waals surface area contributed by atoms with Crippen LogP contribution in [0.25, 0.3) is 11.1 Å².